The van der Waals surface area contributed by atoms with Crippen molar-refractivity contribution in [3.8, 4) is 0 Å². The lowest BCUT2D eigenvalue weighted by Crippen LogP contribution is -2.27. The molecule has 0 aromatic heterocycles. The fraction of sp³-hybridized carbons (Fsp3) is 0.500. The van der Waals surface area contributed by atoms with Crippen molar-refractivity contribution in [1.29, 1.82) is 0 Å². The molecule has 0 fully saturated rings. The summed E-state index contributed by atoms with van der Waals surface area (Å²) in [5, 5.41) is 3.29. The Morgan fingerprint density at radius 2 is 1.82 bits per heavy atom. The summed E-state index contributed by atoms with van der Waals surface area (Å²) in [6.07, 6.45) is 2.08. The number of anilines is 1. The maximum atomic E-state index is 12.0. The average Bonchev–Trinajstić information content (AvgIpc) is 2.36. The van der Waals surface area contributed by atoms with Crippen molar-refractivity contribution in [2.24, 2.45) is 0 Å². The van der Waals surface area contributed by atoms with Crippen molar-refractivity contribution in [3.63, 3.8) is 0 Å². The van der Waals surface area contributed by atoms with Gasteiger partial charge < -0.3 is 10.2 Å². The highest BCUT2D eigenvalue weighted by atomic mass is 16.2. The van der Waals surface area contributed by atoms with Crippen molar-refractivity contribution in [2.75, 3.05) is 25.5 Å². The molecule has 3 heteroatoms. The highest BCUT2D eigenvalue weighted by molar-refractivity contribution is 5.94. The van der Waals surface area contributed by atoms with Crippen molar-refractivity contribution < 1.29 is 4.79 Å². The van der Waals surface area contributed by atoms with Crippen LogP contribution in [0.1, 0.15) is 37.0 Å². The number of hydrogen-bond donors (Lipinski definition) is 1. The molecule has 1 amide bonds. The van der Waals surface area contributed by atoms with Gasteiger partial charge >= 0.3 is 0 Å². The van der Waals surface area contributed by atoms with Crippen LogP contribution in [0.15, 0.2) is 24.3 Å². The highest BCUT2D eigenvalue weighted by Crippen LogP contribution is 2.11. The Morgan fingerprint density at radius 3 is 2.35 bits per heavy atom. The van der Waals surface area contributed by atoms with Crippen LogP contribution >= 0.6 is 0 Å². The predicted octanol–water partition coefficient (Wildman–Crippen LogP) is 2.99. The Hall–Kier alpha value is -1.51. The van der Waals surface area contributed by atoms with Gasteiger partial charge in [-0.05, 0) is 37.1 Å². The zero-order chi connectivity index (χ0) is 12.7. The number of benzene rings is 1. The average molecular weight is 234 g/mol. The molecule has 1 aromatic rings. The second kappa shape index (κ2) is 6.94. The van der Waals surface area contributed by atoms with Crippen LogP contribution < -0.4 is 5.32 Å². The predicted molar refractivity (Wildman–Crippen MR) is 72.5 cm³/mol. The molecule has 0 bridgehead atoms. The van der Waals surface area contributed by atoms with Crippen LogP contribution in [0.4, 0.5) is 5.69 Å². The Labute approximate surface area is 104 Å². The summed E-state index contributed by atoms with van der Waals surface area (Å²) >= 11 is 0. The Morgan fingerprint density at radius 1 is 1.18 bits per heavy atom. The first-order chi connectivity index (χ1) is 8.19. The molecule has 0 heterocycles. The molecule has 0 saturated carbocycles. The van der Waals surface area contributed by atoms with E-state index in [1.165, 1.54) is 0 Å². The van der Waals surface area contributed by atoms with Gasteiger partial charge in [-0.1, -0.05) is 13.8 Å². The Bertz CT molecular complexity index is 346. The second-order valence-corrected chi connectivity index (χ2v) is 4.23. The summed E-state index contributed by atoms with van der Waals surface area (Å²) in [5.41, 5.74) is 1.82. The van der Waals surface area contributed by atoms with Crippen LogP contribution in [-0.4, -0.2) is 30.9 Å². The van der Waals surface area contributed by atoms with E-state index in [1.807, 2.05) is 31.3 Å². The minimum atomic E-state index is 0.0916. The Balaban J connectivity index is 2.63. The van der Waals surface area contributed by atoms with E-state index in [0.29, 0.717) is 0 Å². The van der Waals surface area contributed by atoms with E-state index in [2.05, 4.69) is 19.2 Å². The van der Waals surface area contributed by atoms with Gasteiger partial charge in [0, 0.05) is 31.4 Å². The quantitative estimate of drug-likeness (QED) is 0.820. The third-order valence-corrected chi connectivity index (χ3v) is 2.62. The molecule has 0 spiro atoms. The molecule has 0 atom stereocenters. The van der Waals surface area contributed by atoms with E-state index in [1.54, 1.807) is 4.90 Å². The van der Waals surface area contributed by atoms with Crippen LogP contribution in [0.5, 0.6) is 0 Å². The lowest BCUT2D eigenvalue weighted by atomic mass is 10.2. The minimum Gasteiger partial charge on any atom is -0.385 e. The molecule has 1 N–H and O–H groups in total. The number of carbonyl (C=O) groups excluding carboxylic acids is 1. The summed E-state index contributed by atoms with van der Waals surface area (Å²) in [6.45, 7) is 5.96. The summed E-state index contributed by atoms with van der Waals surface area (Å²) < 4.78 is 0. The molecular formula is C14H22N2O. The van der Waals surface area contributed by atoms with Crippen LogP contribution in [0.3, 0.4) is 0 Å². The first-order valence-electron chi connectivity index (χ1n) is 6.28. The molecule has 0 aliphatic carbocycles. The first kappa shape index (κ1) is 13.6. The summed E-state index contributed by atoms with van der Waals surface area (Å²) in [4.78, 5) is 13.7. The van der Waals surface area contributed by atoms with Gasteiger partial charge in [0.1, 0.15) is 0 Å². The number of carbonyl (C=O) groups is 1. The van der Waals surface area contributed by atoms with Gasteiger partial charge in [0.15, 0.2) is 0 Å². The van der Waals surface area contributed by atoms with E-state index in [4.69, 9.17) is 0 Å². The van der Waals surface area contributed by atoms with Gasteiger partial charge in [0.25, 0.3) is 5.91 Å². The van der Waals surface area contributed by atoms with Gasteiger partial charge in [-0.3, -0.25) is 4.79 Å². The molecule has 3 nitrogen and oxygen atoms in total. The van der Waals surface area contributed by atoms with Crippen molar-refractivity contribution in [1.82, 2.24) is 4.90 Å². The van der Waals surface area contributed by atoms with Crippen LogP contribution in [-0.2, 0) is 0 Å². The molecule has 0 radical (unpaired) electrons. The smallest absolute Gasteiger partial charge is 0.253 e. The molecule has 1 aromatic carbocycles. The molecule has 1 rings (SSSR count). The van der Waals surface area contributed by atoms with Crippen molar-refractivity contribution >= 4 is 11.6 Å². The van der Waals surface area contributed by atoms with Crippen molar-refractivity contribution in [3.05, 3.63) is 29.8 Å². The van der Waals surface area contributed by atoms with Gasteiger partial charge in [-0.15, -0.1) is 0 Å². The summed E-state index contributed by atoms with van der Waals surface area (Å²) in [5.74, 6) is 0.0916. The number of amides is 1. The van der Waals surface area contributed by atoms with Gasteiger partial charge in [-0.25, -0.2) is 0 Å². The summed E-state index contributed by atoms with van der Waals surface area (Å²) in [7, 11) is 1.84. The largest absolute Gasteiger partial charge is 0.385 e. The standard InChI is InChI=1S/C14H22N2O/c1-4-10-15-13-8-6-12(7-9-13)14(17)16(3)11-5-2/h6-9,15H,4-5,10-11H2,1-3H3. The monoisotopic (exact) mass is 234 g/mol. The van der Waals surface area contributed by atoms with E-state index in [0.717, 1.165) is 37.2 Å². The number of nitrogens with one attached hydrogen (secondary N) is 1. The molecule has 94 valence electrons. The third-order valence-electron chi connectivity index (χ3n) is 2.62. The third kappa shape index (κ3) is 4.10. The van der Waals surface area contributed by atoms with Crippen LogP contribution in [0, 0.1) is 0 Å². The topological polar surface area (TPSA) is 32.3 Å². The molecule has 0 aliphatic heterocycles. The molecule has 0 saturated heterocycles. The van der Waals surface area contributed by atoms with Gasteiger partial charge in [-0.2, -0.15) is 0 Å². The minimum absolute atomic E-state index is 0.0916. The van der Waals surface area contributed by atoms with Crippen LogP contribution in [0.2, 0.25) is 0 Å². The molecular weight excluding hydrogens is 212 g/mol. The normalized spacial score (nSPS) is 10.1. The lowest BCUT2D eigenvalue weighted by molar-refractivity contribution is 0.0795. The maximum absolute atomic E-state index is 12.0. The zero-order valence-corrected chi connectivity index (χ0v) is 11.0. The summed E-state index contributed by atoms with van der Waals surface area (Å²) in [6, 6.07) is 7.68. The maximum Gasteiger partial charge on any atom is 0.253 e. The van der Waals surface area contributed by atoms with Gasteiger partial charge in [0.05, 0.1) is 0 Å². The molecule has 0 unspecified atom stereocenters. The lowest BCUT2D eigenvalue weighted by Gasteiger charge is -2.16. The van der Waals surface area contributed by atoms with E-state index in [9.17, 15) is 4.79 Å². The fourth-order valence-corrected chi connectivity index (χ4v) is 1.66. The van der Waals surface area contributed by atoms with Crippen LogP contribution in [0.25, 0.3) is 0 Å². The van der Waals surface area contributed by atoms with E-state index >= 15 is 0 Å². The Kier molecular flexibility index (Phi) is 5.53. The number of nitrogens with zero attached hydrogens (tertiary/aromatic N) is 1. The van der Waals surface area contributed by atoms with Crippen molar-refractivity contribution in [2.45, 2.75) is 26.7 Å². The molecule has 0 aliphatic rings. The zero-order valence-electron chi connectivity index (χ0n) is 11.0. The van der Waals surface area contributed by atoms with E-state index < -0.39 is 0 Å². The fourth-order valence-electron chi connectivity index (χ4n) is 1.66. The van der Waals surface area contributed by atoms with E-state index in [-0.39, 0.29) is 5.91 Å². The number of rotatable bonds is 6. The first-order valence-corrected chi connectivity index (χ1v) is 6.28. The second-order valence-electron chi connectivity index (χ2n) is 4.23. The highest BCUT2D eigenvalue weighted by Gasteiger charge is 2.09. The number of hydrogen-bond acceptors (Lipinski definition) is 2. The SMILES string of the molecule is CCCNc1ccc(C(=O)N(C)CCC)cc1. The van der Waals surface area contributed by atoms with Gasteiger partial charge in [0.2, 0.25) is 0 Å². The molecule has 17 heavy (non-hydrogen) atoms.